The predicted molar refractivity (Wildman–Crippen MR) is 236 cm³/mol. The van der Waals surface area contributed by atoms with Crippen molar-refractivity contribution in [3.05, 3.63) is 210 Å². The maximum Gasteiger partial charge on any atom is 0.164 e. The van der Waals surface area contributed by atoms with E-state index < -0.39 is 5.41 Å². The molecule has 1 spiro atoms. The van der Waals surface area contributed by atoms with Gasteiger partial charge in [0.15, 0.2) is 17.5 Å². The largest absolute Gasteiger partial charge is 0.208 e. The monoisotopic (exact) mass is 761 g/mol. The Morgan fingerprint density at radius 1 is 0.351 bits per heavy atom. The van der Waals surface area contributed by atoms with Crippen LogP contribution in [0.1, 0.15) is 22.3 Å². The average molecular weight is 762 g/mol. The number of nitrogens with zero attached hydrogens (tertiary/aromatic N) is 3. The normalized spacial score (nSPS) is 13.3. The van der Waals surface area contributed by atoms with Gasteiger partial charge >= 0.3 is 0 Å². The molecule has 5 heteroatoms. The molecule has 1 aliphatic heterocycles. The van der Waals surface area contributed by atoms with Crippen LogP contribution in [0.5, 0.6) is 0 Å². The van der Waals surface area contributed by atoms with Crippen LogP contribution >= 0.6 is 23.1 Å². The zero-order valence-electron chi connectivity index (χ0n) is 30.6. The van der Waals surface area contributed by atoms with E-state index in [4.69, 9.17) is 15.0 Å². The molecule has 12 rings (SSSR count). The van der Waals surface area contributed by atoms with Crippen LogP contribution in [0, 0.1) is 0 Å². The first-order valence-electron chi connectivity index (χ1n) is 19.2. The highest BCUT2D eigenvalue weighted by molar-refractivity contribution is 7.99. The maximum absolute atomic E-state index is 5.30. The van der Waals surface area contributed by atoms with Crippen molar-refractivity contribution >= 4 is 43.3 Å². The van der Waals surface area contributed by atoms with Gasteiger partial charge in [-0.2, -0.15) is 0 Å². The summed E-state index contributed by atoms with van der Waals surface area (Å²) in [4.78, 5) is 18.2. The van der Waals surface area contributed by atoms with Crippen molar-refractivity contribution in [1.29, 1.82) is 0 Å². The van der Waals surface area contributed by atoms with Crippen LogP contribution in [-0.4, -0.2) is 15.0 Å². The summed E-state index contributed by atoms with van der Waals surface area (Å²) in [5, 5.41) is 2.53. The fourth-order valence-corrected chi connectivity index (χ4v) is 11.7. The Balaban J connectivity index is 1.08. The Labute approximate surface area is 338 Å². The van der Waals surface area contributed by atoms with Crippen molar-refractivity contribution in [1.82, 2.24) is 15.0 Å². The van der Waals surface area contributed by atoms with Crippen molar-refractivity contribution in [2.75, 3.05) is 0 Å². The van der Waals surface area contributed by atoms with Gasteiger partial charge in [-0.3, -0.25) is 0 Å². The van der Waals surface area contributed by atoms with Gasteiger partial charge in [0.1, 0.15) is 0 Å². The summed E-state index contributed by atoms with van der Waals surface area (Å²) in [6.45, 7) is 0. The number of rotatable bonds is 4. The first-order chi connectivity index (χ1) is 28.3. The van der Waals surface area contributed by atoms with Gasteiger partial charge in [-0.15, -0.1) is 11.3 Å². The van der Waals surface area contributed by atoms with Crippen LogP contribution < -0.4 is 0 Å². The third kappa shape index (κ3) is 4.83. The lowest BCUT2D eigenvalue weighted by Crippen LogP contribution is -2.32. The highest BCUT2D eigenvalue weighted by atomic mass is 32.2. The number of hydrogen-bond acceptors (Lipinski definition) is 5. The summed E-state index contributed by atoms with van der Waals surface area (Å²) in [5.74, 6) is 1.96. The SMILES string of the molecule is c1ccc(-c2nc(-c3ccc4c(c3)sc3ccccc34)nc(-c3ccccc3-c3cccc4c3Sc3ccccc3C43c4ccccc4-c4ccccc43)n2)cc1. The molecule has 57 heavy (non-hydrogen) atoms. The lowest BCUT2D eigenvalue weighted by atomic mass is 9.67. The molecule has 8 aromatic carbocycles. The quantitative estimate of drug-likeness (QED) is 0.179. The Hall–Kier alpha value is -6.66. The minimum atomic E-state index is -0.457. The molecule has 3 heterocycles. The Bertz CT molecular complexity index is 3190. The topological polar surface area (TPSA) is 38.7 Å². The number of benzene rings is 8. The molecule has 0 atom stereocenters. The number of thiophene rings is 1. The van der Waals surface area contributed by atoms with Gasteiger partial charge in [0.2, 0.25) is 0 Å². The highest BCUT2D eigenvalue weighted by Gasteiger charge is 2.50. The lowest BCUT2D eigenvalue weighted by molar-refractivity contribution is 0.723. The molecule has 0 N–H and O–H groups in total. The fourth-order valence-electron chi connectivity index (χ4n) is 9.21. The lowest BCUT2D eigenvalue weighted by Gasteiger charge is -2.40. The molecule has 2 aliphatic rings. The standard InChI is InChI=1S/C52H31N3S2/c1-2-15-32(16-3-1)49-53-50(33-29-30-38-37-20-8-12-27-45(37)56-47(38)31-33)55-51(54-49)40-21-5-4-17-34(40)39-22-14-26-44-48(39)57-46-28-13-11-25-43(46)52(44)41-23-9-6-18-35(41)36-19-7-10-24-42(36)52/h1-31H. The fraction of sp³-hybridized carbons (Fsp3) is 0.0192. The molecule has 0 radical (unpaired) electrons. The molecule has 2 aromatic heterocycles. The van der Waals surface area contributed by atoms with E-state index in [1.807, 2.05) is 30.0 Å². The van der Waals surface area contributed by atoms with E-state index in [1.165, 1.54) is 68.9 Å². The molecule has 266 valence electrons. The molecule has 10 aromatic rings. The van der Waals surface area contributed by atoms with Gasteiger partial charge in [-0.25, -0.2) is 15.0 Å². The second-order valence-corrected chi connectivity index (χ2v) is 16.8. The summed E-state index contributed by atoms with van der Waals surface area (Å²) in [6, 6.07) is 67.8. The van der Waals surface area contributed by atoms with Gasteiger partial charge in [-0.1, -0.05) is 182 Å². The van der Waals surface area contributed by atoms with E-state index in [1.54, 1.807) is 11.3 Å². The highest BCUT2D eigenvalue weighted by Crippen LogP contribution is 2.63. The van der Waals surface area contributed by atoms with Crippen LogP contribution in [0.4, 0.5) is 0 Å². The molecular formula is C52H31N3S2. The van der Waals surface area contributed by atoms with Crippen LogP contribution in [0.25, 0.3) is 76.6 Å². The van der Waals surface area contributed by atoms with E-state index >= 15 is 0 Å². The number of hydrogen-bond donors (Lipinski definition) is 0. The van der Waals surface area contributed by atoms with Crippen LogP contribution in [0.3, 0.4) is 0 Å². The molecule has 0 bridgehead atoms. The van der Waals surface area contributed by atoms with Crippen molar-refractivity contribution in [3.8, 4) is 56.4 Å². The van der Waals surface area contributed by atoms with Gasteiger partial charge in [0.25, 0.3) is 0 Å². The summed E-state index contributed by atoms with van der Waals surface area (Å²) >= 11 is 3.67. The van der Waals surface area contributed by atoms with Crippen molar-refractivity contribution in [3.63, 3.8) is 0 Å². The van der Waals surface area contributed by atoms with E-state index in [0.29, 0.717) is 17.5 Å². The number of fused-ring (bicyclic) bond motifs is 12. The average Bonchev–Trinajstić information content (AvgIpc) is 3.80. The molecule has 1 aliphatic carbocycles. The van der Waals surface area contributed by atoms with Gasteiger partial charge < -0.3 is 0 Å². The molecule has 0 amide bonds. The van der Waals surface area contributed by atoms with Crippen LogP contribution in [0.2, 0.25) is 0 Å². The Kier molecular flexibility index (Phi) is 7.25. The summed E-state index contributed by atoms with van der Waals surface area (Å²) in [7, 11) is 0. The molecular weight excluding hydrogens is 731 g/mol. The predicted octanol–water partition coefficient (Wildman–Crippen LogP) is 13.7. The third-order valence-corrected chi connectivity index (χ3v) is 14.0. The molecule has 3 nitrogen and oxygen atoms in total. The van der Waals surface area contributed by atoms with E-state index in [0.717, 1.165) is 22.3 Å². The Morgan fingerprint density at radius 3 is 1.70 bits per heavy atom. The minimum absolute atomic E-state index is 0.457. The first kappa shape index (κ1) is 32.6. The maximum atomic E-state index is 5.30. The van der Waals surface area contributed by atoms with Crippen LogP contribution in [0.15, 0.2) is 198 Å². The third-order valence-electron chi connectivity index (χ3n) is 11.6. The second-order valence-electron chi connectivity index (χ2n) is 14.6. The molecule has 0 saturated heterocycles. The van der Waals surface area contributed by atoms with Gasteiger partial charge in [-0.05, 0) is 62.7 Å². The summed E-state index contributed by atoms with van der Waals surface area (Å²) < 4.78 is 2.49. The van der Waals surface area contributed by atoms with Gasteiger partial charge in [0, 0.05) is 46.7 Å². The van der Waals surface area contributed by atoms with E-state index in [-0.39, 0.29) is 0 Å². The molecule has 0 saturated carbocycles. The molecule has 0 fully saturated rings. The van der Waals surface area contributed by atoms with E-state index in [9.17, 15) is 0 Å². The van der Waals surface area contributed by atoms with Crippen molar-refractivity contribution < 1.29 is 0 Å². The molecule has 0 unspecified atom stereocenters. The Morgan fingerprint density at radius 2 is 0.912 bits per heavy atom. The van der Waals surface area contributed by atoms with E-state index in [2.05, 4.69) is 170 Å². The smallest absolute Gasteiger partial charge is 0.164 e. The zero-order valence-corrected chi connectivity index (χ0v) is 32.2. The second kappa shape index (κ2) is 12.7. The first-order valence-corrected chi connectivity index (χ1v) is 20.8. The van der Waals surface area contributed by atoms with Crippen LogP contribution in [-0.2, 0) is 5.41 Å². The number of aromatic nitrogens is 3. The zero-order chi connectivity index (χ0) is 37.5. The summed E-state index contributed by atoms with van der Waals surface area (Å²) in [6.07, 6.45) is 0. The minimum Gasteiger partial charge on any atom is -0.208 e. The van der Waals surface area contributed by atoms with Crippen molar-refractivity contribution in [2.45, 2.75) is 15.2 Å². The van der Waals surface area contributed by atoms with Crippen molar-refractivity contribution in [2.24, 2.45) is 0 Å². The summed E-state index contributed by atoms with van der Waals surface area (Å²) in [5.41, 5.74) is 12.6. The van der Waals surface area contributed by atoms with Gasteiger partial charge in [0.05, 0.1) is 5.41 Å².